The highest BCUT2D eigenvalue weighted by Crippen LogP contribution is 2.28. The average molecular weight is 379 g/mol. The molecule has 0 radical (unpaired) electrons. The summed E-state index contributed by atoms with van der Waals surface area (Å²) >= 11 is 5.98. The summed E-state index contributed by atoms with van der Waals surface area (Å²) < 4.78 is 14.0. The minimum Gasteiger partial charge on any atom is -0.342 e. The van der Waals surface area contributed by atoms with Crippen LogP contribution in [-0.2, 0) is 0 Å². The van der Waals surface area contributed by atoms with E-state index in [2.05, 4.69) is 16.5 Å². The van der Waals surface area contributed by atoms with Gasteiger partial charge in [-0.25, -0.2) is 9.37 Å². The van der Waals surface area contributed by atoms with Crippen LogP contribution in [0.15, 0.2) is 78.4 Å². The van der Waals surface area contributed by atoms with E-state index in [1.54, 1.807) is 24.3 Å². The second-order valence-electron chi connectivity index (χ2n) is 6.15. The Balaban J connectivity index is 1.87. The van der Waals surface area contributed by atoms with E-state index in [0.717, 1.165) is 28.1 Å². The van der Waals surface area contributed by atoms with Crippen molar-refractivity contribution in [1.29, 1.82) is 0 Å². The first-order valence-corrected chi connectivity index (χ1v) is 8.98. The Kier molecular flexibility index (Phi) is 5.72. The van der Waals surface area contributed by atoms with Crippen molar-refractivity contribution in [1.82, 2.24) is 9.97 Å². The van der Waals surface area contributed by atoms with E-state index >= 15 is 0 Å². The zero-order valence-electron chi connectivity index (χ0n) is 15.3. The van der Waals surface area contributed by atoms with Crippen LogP contribution in [0.4, 0.5) is 4.39 Å². The van der Waals surface area contributed by atoms with Crippen molar-refractivity contribution >= 4 is 17.2 Å². The molecule has 0 amide bonds. The Labute approximate surface area is 163 Å². The maximum Gasteiger partial charge on any atom is 0.137 e. The van der Waals surface area contributed by atoms with E-state index in [4.69, 9.17) is 11.6 Å². The highest BCUT2D eigenvalue weighted by molar-refractivity contribution is 6.31. The van der Waals surface area contributed by atoms with Crippen LogP contribution in [0.2, 0.25) is 0 Å². The molecular formula is C23H20ClFN2. The molecule has 3 rings (SSSR count). The molecule has 27 heavy (non-hydrogen) atoms. The van der Waals surface area contributed by atoms with Gasteiger partial charge in [0.1, 0.15) is 11.6 Å². The summed E-state index contributed by atoms with van der Waals surface area (Å²) in [5.41, 5.74) is 4.90. The summed E-state index contributed by atoms with van der Waals surface area (Å²) in [4.78, 5) is 7.92. The second kappa shape index (κ2) is 8.19. The number of imidazole rings is 1. The van der Waals surface area contributed by atoms with Gasteiger partial charge in [0, 0.05) is 27.4 Å². The zero-order chi connectivity index (χ0) is 19.4. The van der Waals surface area contributed by atoms with Crippen molar-refractivity contribution in [3.63, 3.8) is 0 Å². The van der Waals surface area contributed by atoms with E-state index in [1.807, 2.05) is 50.3 Å². The number of H-pyrrole nitrogens is 1. The largest absolute Gasteiger partial charge is 0.342 e. The van der Waals surface area contributed by atoms with E-state index in [1.165, 1.54) is 6.07 Å². The van der Waals surface area contributed by atoms with Gasteiger partial charge in [-0.05, 0) is 31.6 Å². The number of nitrogens with one attached hydrogen (secondary N) is 1. The predicted octanol–water partition coefficient (Wildman–Crippen LogP) is 6.90. The third-order valence-electron chi connectivity index (χ3n) is 4.25. The number of aryl methyl sites for hydroxylation is 1. The maximum atomic E-state index is 14.0. The monoisotopic (exact) mass is 378 g/mol. The number of benzene rings is 2. The fourth-order valence-corrected chi connectivity index (χ4v) is 2.81. The number of hydrogen-bond acceptors (Lipinski definition) is 1. The van der Waals surface area contributed by atoms with Crippen molar-refractivity contribution < 1.29 is 4.39 Å². The van der Waals surface area contributed by atoms with Gasteiger partial charge in [-0.1, -0.05) is 72.8 Å². The first kappa shape index (κ1) is 18.9. The summed E-state index contributed by atoms with van der Waals surface area (Å²) in [6, 6.07) is 14.5. The van der Waals surface area contributed by atoms with Gasteiger partial charge < -0.3 is 4.98 Å². The van der Waals surface area contributed by atoms with Crippen LogP contribution in [0, 0.1) is 12.7 Å². The van der Waals surface area contributed by atoms with Crippen LogP contribution in [0.3, 0.4) is 0 Å². The fourth-order valence-electron chi connectivity index (χ4n) is 2.75. The topological polar surface area (TPSA) is 28.7 Å². The molecule has 4 heteroatoms. The second-order valence-corrected chi connectivity index (χ2v) is 6.58. The normalized spacial score (nSPS) is 11.9. The van der Waals surface area contributed by atoms with Gasteiger partial charge in [-0.3, -0.25) is 0 Å². The number of aromatic nitrogens is 2. The minimum absolute atomic E-state index is 0.230. The SMILES string of the molecule is C=C(/C=C\C(Cl)=C/C)c1nc(-c2ccc(-c3ccccc3F)cc2)c(C)[nH]1. The van der Waals surface area contributed by atoms with Crippen LogP contribution in [0.5, 0.6) is 0 Å². The highest BCUT2D eigenvalue weighted by Gasteiger charge is 2.11. The van der Waals surface area contributed by atoms with Crippen molar-refractivity contribution in [2.24, 2.45) is 0 Å². The molecule has 0 aliphatic carbocycles. The van der Waals surface area contributed by atoms with E-state index in [9.17, 15) is 4.39 Å². The van der Waals surface area contributed by atoms with Gasteiger partial charge in [0.25, 0.3) is 0 Å². The van der Waals surface area contributed by atoms with Gasteiger partial charge in [0.2, 0.25) is 0 Å². The smallest absolute Gasteiger partial charge is 0.137 e. The summed E-state index contributed by atoms with van der Waals surface area (Å²) in [7, 11) is 0. The van der Waals surface area contributed by atoms with Crippen LogP contribution < -0.4 is 0 Å². The number of rotatable bonds is 5. The van der Waals surface area contributed by atoms with Gasteiger partial charge in [0.15, 0.2) is 0 Å². The summed E-state index contributed by atoms with van der Waals surface area (Å²) in [6.07, 6.45) is 5.41. The number of allylic oxidation sites excluding steroid dienone is 5. The van der Waals surface area contributed by atoms with Crippen LogP contribution in [0.25, 0.3) is 28.0 Å². The molecule has 0 saturated carbocycles. The number of halogens is 2. The van der Waals surface area contributed by atoms with E-state index < -0.39 is 0 Å². The standard InChI is InChI=1S/C23H20ClFN2/c1-4-19(24)14-9-15(2)23-26-16(3)22(27-23)18-12-10-17(11-13-18)20-7-5-6-8-21(20)25/h4-14H,2H2,1,3H3,(H,26,27)/b14-9-,19-4+. The fraction of sp³-hybridized carbons (Fsp3) is 0.0870. The van der Waals surface area contributed by atoms with Crippen molar-refractivity contribution in [2.75, 3.05) is 0 Å². The number of hydrogen-bond donors (Lipinski definition) is 1. The molecule has 2 nitrogen and oxygen atoms in total. The van der Waals surface area contributed by atoms with Crippen molar-refractivity contribution in [3.05, 3.63) is 95.7 Å². The quantitative estimate of drug-likeness (QED) is 0.480. The molecule has 0 saturated heterocycles. The molecule has 3 aromatic rings. The molecule has 0 bridgehead atoms. The highest BCUT2D eigenvalue weighted by atomic mass is 35.5. The van der Waals surface area contributed by atoms with Gasteiger partial charge >= 0.3 is 0 Å². The average Bonchev–Trinajstić information content (AvgIpc) is 3.08. The predicted molar refractivity (Wildman–Crippen MR) is 112 cm³/mol. The van der Waals surface area contributed by atoms with E-state index in [-0.39, 0.29) is 5.82 Å². The lowest BCUT2D eigenvalue weighted by atomic mass is 10.0. The first-order valence-electron chi connectivity index (χ1n) is 8.60. The van der Waals surface area contributed by atoms with Crippen LogP contribution >= 0.6 is 11.6 Å². The first-order chi connectivity index (χ1) is 13.0. The van der Waals surface area contributed by atoms with E-state index in [0.29, 0.717) is 16.4 Å². The molecule has 0 aliphatic heterocycles. The molecule has 0 fully saturated rings. The van der Waals surface area contributed by atoms with Crippen LogP contribution in [0.1, 0.15) is 18.4 Å². The Bertz CT molecular complexity index is 1030. The van der Waals surface area contributed by atoms with Gasteiger partial charge in [-0.2, -0.15) is 0 Å². The van der Waals surface area contributed by atoms with Crippen LogP contribution in [-0.4, -0.2) is 9.97 Å². The zero-order valence-corrected chi connectivity index (χ0v) is 16.0. The molecule has 0 atom stereocenters. The summed E-state index contributed by atoms with van der Waals surface area (Å²) in [6.45, 7) is 7.87. The third-order valence-corrected chi connectivity index (χ3v) is 4.60. The van der Waals surface area contributed by atoms with Crippen molar-refractivity contribution in [2.45, 2.75) is 13.8 Å². The molecule has 1 N–H and O–H groups in total. The molecule has 2 aromatic carbocycles. The lowest BCUT2D eigenvalue weighted by Gasteiger charge is -2.05. The summed E-state index contributed by atoms with van der Waals surface area (Å²) in [5, 5.41) is 0.642. The lowest BCUT2D eigenvalue weighted by molar-refractivity contribution is 0.631. The van der Waals surface area contributed by atoms with Gasteiger partial charge in [-0.15, -0.1) is 0 Å². The minimum atomic E-state index is -0.230. The maximum absolute atomic E-state index is 14.0. The molecule has 1 aromatic heterocycles. The Morgan fingerprint density at radius 2 is 1.74 bits per heavy atom. The Morgan fingerprint density at radius 1 is 1.07 bits per heavy atom. The van der Waals surface area contributed by atoms with Crippen molar-refractivity contribution in [3.8, 4) is 22.4 Å². The van der Waals surface area contributed by atoms with Gasteiger partial charge in [0.05, 0.1) is 5.69 Å². The summed E-state index contributed by atoms with van der Waals surface area (Å²) in [5.74, 6) is 0.462. The number of nitrogens with zero attached hydrogens (tertiary/aromatic N) is 1. The third kappa shape index (κ3) is 4.26. The molecular weight excluding hydrogens is 359 g/mol. The molecule has 136 valence electrons. The molecule has 0 aliphatic rings. The molecule has 0 spiro atoms. The molecule has 0 unspecified atom stereocenters. The lowest BCUT2D eigenvalue weighted by Crippen LogP contribution is -1.86. The Hall–Kier alpha value is -2.91. The molecule has 1 heterocycles. The number of aromatic amines is 1. The Morgan fingerprint density at radius 3 is 2.41 bits per heavy atom.